The van der Waals surface area contributed by atoms with Gasteiger partial charge in [-0.05, 0) is 52.9 Å². The number of ether oxygens (including phenoxy) is 1. The van der Waals surface area contributed by atoms with Crippen molar-refractivity contribution >= 4 is 13.3 Å². The molecule has 20 heavy (non-hydrogen) atoms. The summed E-state index contributed by atoms with van der Waals surface area (Å²) in [5.74, 6) is 0.795. The summed E-state index contributed by atoms with van der Waals surface area (Å²) in [6, 6.07) is 14.7. The minimum atomic E-state index is -2.27. The van der Waals surface area contributed by atoms with Crippen LogP contribution in [0.25, 0.3) is 0 Å². The van der Waals surface area contributed by atoms with Crippen LogP contribution in [0.1, 0.15) is 11.1 Å². The Morgan fingerprint density at radius 1 is 1.00 bits per heavy atom. The molecule has 1 atom stereocenters. The molecule has 104 valence electrons. The number of hydrogen-bond acceptors (Lipinski definition) is 3. The average Bonchev–Trinajstić information content (AvgIpc) is 2.47. The van der Waals surface area contributed by atoms with Gasteiger partial charge >= 0.3 is 8.03 Å². The van der Waals surface area contributed by atoms with E-state index in [9.17, 15) is 4.57 Å². The zero-order chi connectivity index (χ0) is 14.4. The van der Waals surface area contributed by atoms with Crippen molar-refractivity contribution in [3.63, 3.8) is 0 Å². The molecule has 0 aromatic heterocycles. The maximum absolute atomic E-state index is 10.9. The van der Waals surface area contributed by atoms with E-state index in [-0.39, 0.29) is 0 Å². The Balaban J connectivity index is 1.92. The quantitative estimate of drug-likeness (QED) is 0.799. The third-order valence-corrected chi connectivity index (χ3v) is 3.66. The molecule has 0 aliphatic carbocycles. The van der Waals surface area contributed by atoms with E-state index in [2.05, 4.69) is 0 Å². The molecule has 0 aliphatic heterocycles. The second-order valence-corrected chi connectivity index (χ2v) is 5.47. The fourth-order valence-corrected chi connectivity index (χ4v) is 2.21. The summed E-state index contributed by atoms with van der Waals surface area (Å²) in [6.07, 6.45) is 0.862. The molecular weight excluding hydrogens is 273 g/mol. The first-order valence-corrected chi connectivity index (χ1v) is 7.57. The van der Waals surface area contributed by atoms with Gasteiger partial charge in [0.2, 0.25) is 5.30 Å². The van der Waals surface area contributed by atoms with Crippen LogP contribution in [0.15, 0.2) is 48.5 Å². The van der Waals surface area contributed by atoms with Gasteiger partial charge in [0.05, 0.1) is 0 Å². The van der Waals surface area contributed by atoms with Crippen LogP contribution in [0.2, 0.25) is 0 Å². The van der Waals surface area contributed by atoms with Crippen molar-refractivity contribution in [2.24, 2.45) is 5.73 Å². The monoisotopic (exact) mass is 290 g/mol. The summed E-state index contributed by atoms with van der Waals surface area (Å²) in [5.41, 5.74) is 7.64. The Hall–Kier alpha value is -1.74. The van der Waals surface area contributed by atoms with Crippen molar-refractivity contribution in [2.75, 3.05) is 6.54 Å². The first kappa shape index (κ1) is 14.7. The summed E-state index contributed by atoms with van der Waals surface area (Å²) in [4.78, 5) is 8.96. The van der Waals surface area contributed by atoms with Crippen molar-refractivity contribution < 1.29 is 14.2 Å². The standard InChI is InChI=1S/C15H16NO3P/c16-10-9-12-1-5-14(6-2-12)19-11-13-3-7-15(8-4-13)20(17)18/h1-8H,9-11,16H2/p+1. The normalized spacial score (nSPS) is 11.2. The molecule has 3 N–H and O–H groups in total. The van der Waals surface area contributed by atoms with Crippen molar-refractivity contribution in [3.8, 4) is 5.75 Å². The van der Waals surface area contributed by atoms with Gasteiger partial charge in [-0.15, -0.1) is 0 Å². The lowest BCUT2D eigenvalue weighted by Crippen LogP contribution is -2.02. The molecule has 0 radical (unpaired) electrons. The molecule has 5 heteroatoms. The first-order valence-electron chi connectivity index (χ1n) is 6.36. The number of nitrogens with two attached hydrogens (primary N) is 1. The Labute approximate surface area is 119 Å². The fourth-order valence-electron chi connectivity index (χ4n) is 1.81. The van der Waals surface area contributed by atoms with Gasteiger partial charge in [-0.2, -0.15) is 4.89 Å². The molecule has 0 spiro atoms. The Kier molecular flexibility index (Phi) is 5.24. The molecule has 0 fully saturated rings. The van der Waals surface area contributed by atoms with Crippen LogP contribution in [0.5, 0.6) is 5.75 Å². The van der Waals surface area contributed by atoms with E-state index in [1.807, 2.05) is 24.3 Å². The van der Waals surface area contributed by atoms with Gasteiger partial charge in [0.15, 0.2) is 0 Å². The third-order valence-electron chi connectivity index (χ3n) is 2.92. The Morgan fingerprint density at radius 3 is 2.15 bits per heavy atom. The SMILES string of the molecule is NCCc1ccc(OCc2ccc([P+](=O)O)cc2)cc1. The van der Waals surface area contributed by atoms with Gasteiger partial charge in [-0.25, -0.2) is 0 Å². The molecule has 0 aliphatic rings. The lowest BCUT2D eigenvalue weighted by Gasteiger charge is -2.07. The first-order chi connectivity index (χ1) is 9.69. The Bertz CT molecular complexity index is 567. The van der Waals surface area contributed by atoms with Crippen LogP contribution in [0.3, 0.4) is 0 Å². The molecule has 4 nitrogen and oxygen atoms in total. The van der Waals surface area contributed by atoms with Crippen LogP contribution in [-0.2, 0) is 17.6 Å². The molecule has 0 bridgehead atoms. The lowest BCUT2D eigenvalue weighted by molar-refractivity contribution is 0.306. The molecule has 2 rings (SSSR count). The topological polar surface area (TPSA) is 72.5 Å². The van der Waals surface area contributed by atoms with E-state index < -0.39 is 8.03 Å². The van der Waals surface area contributed by atoms with Gasteiger partial charge in [0.25, 0.3) is 0 Å². The van der Waals surface area contributed by atoms with E-state index in [1.54, 1.807) is 24.3 Å². The summed E-state index contributed by atoms with van der Waals surface area (Å²) >= 11 is 0. The minimum Gasteiger partial charge on any atom is -0.489 e. The van der Waals surface area contributed by atoms with E-state index in [0.29, 0.717) is 18.5 Å². The van der Waals surface area contributed by atoms with Gasteiger partial charge in [0, 0.05) is 0 Å². The summed E-state index contributed by atoms with van der Waals surface area (Å²) in [7, 11) is -2.27. The second-order valence-electron chi connectivity index (χ2n) is 4.41. The van der Waals surface area contributed by atoms with Crippen LogP contribution in [0.4, 0.5) is 0 Å². The maximum atomic E-state index is 10.9. The van der Waals surface area contributed by atoms with E-state index in [0.717, 1.165) is 17.7 Å². The highest BCUT2D eigenvalue weighted by atomic mass is 31.1. The van der Waals surface area contributed by atoms with Crippen LogP contribution in [0, 0.1) is 0 Å². The fraction of sp³-hybridized carbons (Fsp3) is 0.200. The molecule has 2 aromatic carbocycles. The smallest absolute Gasteiger partial charge is 0.489 e. The highest BCUT2D eigenvalue weighted by molar-refractivity contribution is 7.47. The maximum Gasteiger partial charge on any atom is 0.546 e. The average molecular weight is 290 g/mol. The third kappa shape index (κ3) is 4.14. The highest BCUT2D eigenvalue weighted by Gasteiger charge is 2.14. The summed E-state index contributed by atoms with van der Waals surface area (Å²) < 4.78 is 16.5. The summed E-state index contributed by atoms with van der Waals surface area (Å²) in [6.45, 7) is 1.07. The predicted octanol–water partition coefficient (Wildman–Crippen LogP) is 2.13. The zero-order valence-corrected chi connectivity index (χ0v) is 11.9. The van der Waals surface area contributed by atoms with Gasteiger partial charge in [-0.1, -0.05) is 24.3 Å². The summed E-state index contributed by atoms with van der Waals surface area (Å²) in [5, 5.41) is 0.426. The second kappa shape index (κ2) is 7.15. The molecule has 0 saturated heterocycles. The number of benzene rings is 2. The van der Waals surface area contributed by atoms with E-state index >= 15 is 0 Å². The zero-order valence-electron chi connectivity index (χ0n) is 11.0. The van der Waals surface area contributed by atoms with Crippen LogP contribution in [-0.4, -0.2) is 11.4 Å². The van der Waals surface area contributed by atoms with Crippen LogP contribution < -0.4 is 15.8 Å². The Morgan fingerprint density at radius 2 is 1.60 bits per heavy atom. The molecule has 0 saturated carbocycles. The van der Waals surface area contributed by atoms with Gasteiger partial charge in [-0.3, -0.25) is 0 Å². The molecular formula is C15H17NO3P+. The number of rotatable bonds is 6. The highest BCUT2D eigenvalue weighted by Crippen LogP contribution is 2.16. The largest absolute Gasteiger partial charge is 0.546 e. The van der Waals surface area contributed by atoms with Crippen molar-refractivity contribution in [1.82, 2.24) is 0 Å². The van der Waals surface area contributed by atoms with E-state index in [1.165, 1.54) is 5.56 Å². The van der Waals surface area contributed by atoms with Crippen molar-refractivity contribution in [2.45, 2.75) is 13.0 Å². The van der Waals surface area contributed by atoms with E-state index in [4.69, 9.17) is 15.4 Å². The molecule has 2 aromatic rings. The lowest BCUT2D eigenvalue weighted by atomic mass is 10.1. The molecule has 1 unspecified atom stereocenters. The van der Waals surface area contributed by atoms with Crippen LogP contribution >= 0.6 is 8.03 Å². The molecule has 0 heterocycles. The molecule has 0 amide bonds. The minimum absolute atomic E-state index is 0.426. The van der Waals surface area contributed by atoms with Crippen molar-refractivity contribution in [1.29, 1.82) is 0 Å². The number of hydrogen-bond donors (Lipinski definition) is 2. The predicted molar refractivity (Wildman–Crippen MR) is 79.4 cm³/mol. The van der Waals surface area contributed by atoms with Gasteiger partial charge < -0.3 is 10.5 Å². The van der Waals surface area contributed by atoms with Crippen molar-refractivity contribution in [3.05, 3.63) is 59.7 Å². The van der Waals surface area contributed by atoms with Gasteiger partial charge in [0.1, 0.15) is 12.4 Å².